The summed E-state index contributed by atoms with van der Waals surface area (Å²) < 4.78 is 0. The van der Waals surface area contributed by atoms with Crippen LogP contribution in [0.3, 0.4) is 0 Å². The number of hydrogen-bond acceptors (Lipinski definition) is 3. The molecule has 1 aromatic carbocycles. The van der Waals surface area contributed by atoms with Crippen molar-refractivity contribution in [1.82, 2.24) is 0 Å². The molecule has 0 unspecified atom stereocenters. The summed E-state index contributed by atoms with van der Waals surface area (Å²) in [6.07, 6.45) is 6.12. The Balaban J connectivity index is 1.99. The number of nitrogens with one attached hydrogen (secondary N) is 1. The van der Waals surface area contributed by atoms with Crippen molar-refractivity contribution in [3.63, 3.8) is 0 Å². The van der Waals surface area contributed by atoms with Crippen LogP contribution in [-0.2, 0) is 4.79 Å². The molecule has 108 valence electrons. The van der Waals surface area contributed by atoms with E-state index in [2.05, 4.69) is 5.32 Å². The van der Waals surface area contributed by atoms with Crippen molar-refractivity contribution in [3.05, 3.63) is 23.8 Å². The van der Waals surface area contributed by atoms with Crippen molar-refractivity contribution < 1.29 is 19.8 Å². The molecule has 0 bridgehead atoms. The summed E-state index contributed by atoms with van der Waals surface area (Å²) in [6.45, 7) is 0. The van der Waals surface area contributed by atoms with E-state index in [1.165, 1.54) is 24.6 Å². The van der Waals surface area contributed by atoms with Crippen LogP contribution >= 0.6 is 0 Å². The van der Waals surface area contributed by atoms with Gasteiger partial charge in [0.05, 0.1) is 11.3 Å². The highest BCUT2D eigenvalue weighted by Crippen LogP contribution is 2.28. The Morgan fingerprint density at radius 3 is 2.55 bits per heavy atom. The first-order valence-corrected chi connectivity index (χ1v) is 6.92. The van der Waals surface area contributed by atoms with E-state index in [4.69, 9.17) is 5.11 Å². The van der Waals surface area contributed by atoms with Crippen molar-refractivity contribution in [2.24, 2.45) is 5.92 Å². The minimum absolute atomic E-state index is 0.0377. The molecule has 0 saturated heterocycles. The van der Waals surface area contributed by atoms with Gasteiger partial charge < -0.3 is 15.5 Å². The molecule has 0 aliphatic heterocycles. The summed E-state index contributed by atoms with van der Waals surface area (Å²) in [6, 6.07) is 3.85. The zero-order valence-electron chi connectivity index (χ0n) is 11.3. The molecular weight excluding hydrogens is 258 g/mol. The Bertz CT molecular complexity index is 507. The van der Waals surface area contributed by atoms with Crippen LogP contribution in [0, 0.1) is 5.92 Å². The molecule has 0 heterocycles. The van der Waals surface area contributed by atoms with E-state index < -0.39 is 5.97 Å². The van der Waals surface area contributed by atoms with E-state index in [-0.39, 0.29) is 22.9 Å². The van der Waals surface area contributed by atoms with Crippen LogP contribution in [0.25, 0.3) is 0 Å². The molecule has 1 saturated carbocycles. The number of amides is 1. The third kappa shape index (κ3) is 3.73. The summed E-state index contributed by atoms with van der Waals surface area (Å²) in [5, 5.41) is 21.2. The molecule has 0 spiro atoms. The highest BCUT2D eigenvalue weighted by atomic mass is 16.4. The van der Waals surface area contributed by atoms with Gasteiger partial charge in [-0.2, -0.15) is 0 Å². The van der Waals surface area contributed by atoms with Gasteiger partial charge in [0.15, 0.2) is 0 Å². The maximum Gasteiger partial charge on any atom is 0.335 e. The van der Waals surface area contributed by atoms with Crippen LogP contribution < -0.4 is 5.32 Å². The Hall–Kier alpha value is -2.04. The third-order valence-corrected chi connectivity index (χ3v) is 3.72. The molecule has 1 aromatic rings. The van der Waals surface area contributed by atoms with Gasteiger partial charge >= 0.3 is 5.97 Å². The number of phenolic OH excluding ortho intramolecular Hbond substituents is 1. The molecule has 3 N–H and O–H groups in total. The first-order valence-electron chi connectivity index (χ1n) is 6.92. The Morgan fingerprint density at radius 1 is 1.20 bits per heavy atom. The predicted octanol–water partition coefficient (Wildman–Crippen LogP) is 3.00. The van der Waals surface area contributed by atoms with Crippen molar-refractivity contribution in [2.75, 3.05) is 5.32 Å². The van der Waals surface area contributed by atoms with Crippen molar-refractivity contribution in [1.29, 1.82) is 0 Å². The second-order valence-corrected chi connectivity index (χ2v) is 5.29. The first-order chi connectivity index (χ1) is 9.56. The average molecular weight is 277 g/mol. The van der Waals surface area contributed by atoms with Gasteiger partial charge in [-0.15, -0.1) is 0 Å². The molecule has 5 heteroatoms. The summed E-state index contributed by atoms with van der Waals surface area (Å²) >= 11 is 0. The molecule has 0 atom stereocenters. The van der Waals surface area contributed by atoms with E-state index in [0.717, 1.165) is 25.7 Å². The monoisotopic (exact) mass is 277 g/mol. The van der Waals surface area contributed by atoms with Gasteiger partial charge in [-0.3, -0.25) is 4.79 Å². The number of benzene rings is 1. The number of rotatable bonds is 4. The molecule has 1 amide bonds. The number of carbonyl (C=O) groups is 2. The van der Waals surface area contributed by atoms with Gasteiger partial charge in [-0.25, -0.2) is 4.79 Å². The number of hydrogen-bond donors (Lipinski definition) is 3. The minimum atomic E-state index is -1.09. The van der Waals surface area contributed by atoms with Crippen LogP contribution in [0.5, 0.6) is 5.75 Å². The van der Waals surface area contributed by atoms with Crippen LogP contribution in [0.2, 0.25) is 0 Å². The van der Waals surface area contributed by atoms with Gasteiger partial charge in [-0.05, 0) is 37.0 Å². The van der Waals surface area contributed by atoms with Crippen molar-refractivity contribution >= 4 is 17.6 Å². The Kier molecular flexibility index (Phi) is 4.61. The van der Waals surface area contributed by atoms with Crippen molar-refractivity contribution in [3.8, 4) is 5.75 Å². The molecule has 2 rings (SSSR count). The van der Waals surface area contributed by atoms with Gasteiger partial charge in [0.2, 0.25) is 5.91 Å². The van der Waals surface area contributed by atoms with E-state index >= 15 is 0 Å². The highest BCUT2D eigenvalue weighted by Gasteiger charge is 2.18. The lowest BCUT2D eigenvalue weighted by molar-refractivity contribution is -0.117. The number of aromatic carboxylic acids is 1. The quantitative estimate of drug-likeness (QED) is 0.738. The van der Waals surface area contributed by atoms with Gasteiger partial charge in [0, 0.05) is 6.42 Å². The van der Waals surface area contributed by atoms with Crippen LogP contribution in [0.15, 0.2) is 18.2 Å². The normalized spacial score (nSPS) is 15.8. The van der Waals surface area contributed by atoms with Crippen LogP contribution in [0.4, 0.5) is 5.69 Å². The molecule has 5 nitrogen and oxygen atoms in total. The van der Waals surface area contributed by atoms with E-state index in [0.29, 0.717) is 12.3 Å². The Labute approximate surface area is 117 Å². The zero-order valence-corrected chi connectivity index (χ0v) is 11.3. The number of carboxylic acid groups (broad SMARTS) is 1. The molecule has 1 aliphatic carbocycles. The molecular formula is C15H19NO4. The molecule has 0 aromatic heterocycles. The van der Waals surface area contributed by atoms with Gasteiger partial charge in [-0.1, -0.05) is 19.3 Å². The van der Waals surface area contributed by atoms with Crippen LogP contribution in [-0.4, -0.2) is 22.1 Å². The summed E-state index contributed by atoms with van der Waals surface area (Å²) in [5.74, 6) is -0.983. The van der Waals surface area contributed by atoms with E-state index in [9.17, 15) is 14.7 Å². The SMILES string of the molecule is O=C(CC1CCCCC1)Nc1cc(C(=O)O)ccc1O. The number of aromatic hydroxyl groups is 1. The summed E-state index contributed by atoms with van der Waals surface area (Å²) in [5.41, 5.74) is 0.196. The topological polar surface area (TPSA) is 86.6 Å². The largest absolute Gasteiger partial charge is 0.506 e. The van der Waals surface area contributed by atoms with Gasteiger partial charge in [0.25, 0.3) is 0 Å². The Morgan fingerprint density at radius 2 is 1.90 bits per heavy atom. The number of carbonyl (C=O) groups excluding carboxylic acids is 1. The predicted molar refractivity (Wildman–Crippen MR) is 74.9 cm³/mol. The molecule has 1 aliphatic rings. The fourth-order valence-electron chi connectivity index (χ4n) is 2.62. The fourth-order valence-corrected chi connectivity index (χ4v) is 2.62. The van der Waals surface area contributed by atoms with Gasteiger partial charge in [0.1, 0.15) is 5.75 Å². The average Bonchev–Trinajstić information content (AvgIpc) is 2.42. The summed E-state index contributed by atoms with van der Waals surface area (Å²) in [4.78, 5) is 22.8. The van der Waals surface area contributed by atoms with Crippen molar-refractivity contribution in [2.45, 2.75) is 38.5 Å². The summed E-state index contributed by atoms with van der Waals surface area (Å²) in [7, 11) is 0. The lowest BCUT2D eigenvalue weighted by Crippen LogP contribution is -2.18. The minimum Gasteiger partial charge on any atom is -0.506 e. The lowest BCUT2D eigenvalue weighted by Gasteiger charge is -2.21. The fraction of sp³-hybridized carbons (Fsp3) is 0.467. The smallest absolute Gasteiger partial charge is 0.335 e. The van der Waals surface area contributed by atoms with E-state index in [1.54, 1.807) is 0 Å². The highest BCUT2D eigenvalue weighted by molar-refractivity contribution is 5.95. The number of carboxylic acids is 1. The standard InChI is InChI=1S/C15H19NO4/c17-13-7-6-11(15(19)20)9-12(13)16-14(18)8-10-4-2-1-3-5-10/h6-7,9-10,17H,1-5,8H2,(H,16,18)(H,19,20). The third-order valence-electron chi connectivity index (χ3n) is 3.72. The maximum atomic E-state index is 11.9. The zero-order chi connectivity index (χ0) is 14.5. The lowest BCUT2D eigenvalue weighted by atomic mass is 9.87. The number of anilines is 1. The second kappa shape index (κ2) is 6.41. The molecule has 20 heavy (non-hydrogen) atoms. The van der Waals surface area contributed by atoms with Crippen LogP contribution in [0.1, 0.15) is 48.9 Å². The maximum absolute atomic E-state index is 11.9. The molecule has 1 fully saturated rings. The number of phenols is 1. The first kappa shape index (κ1) is 14.4. The second-order valence-electron chi connectivity index (χ2n) is 5.29. The molecule has 0 radical (unpaired) electrons. The van der Waals surface area contributed by atoms with E-state index in [1.807, 2.05) is 0 Å².